The number of fused-ring (bicyclic) bond motifs is 2. The molecular weight excluding hydrogens is 362 g/mol. The molecule has 152 valence electrons. The van der Waals surface area contributed by atoms with E-state index in [1.54, 1.807) is 0 Å². The largest absolute Gasteiger partial charge is 0.349 e. The van der Waals surface area contributed by atoms with E-state index in [9.17, 15) is 9.59 Å². The summed E-state index contributed by atoms with van der Waals surface area (Å²) in [6.07, 6.45) is 4.76. The molecule has 4 rings (SSSR count). The van der Waals surface area contributed by atoms with Crippen LogP contribution >= 0.6 is 0 Å². The lowest BCUT2D eigenvalue weighted by atomic mass is 9.82. The van der Waals surface area contributed by atoms with Crippen LogP contribution < -0.4 is 10.6 Å². The normalized spacial score (nSPS) is 23.4. The van der Waals surface area contributed by atoms with Gasteiger partial charge in [-0.2, -0.15) is 0 Å². The summed E-state index contributed by atoms with van der Waals surface area (Å²) in [5, 5.41) is 6.26. The van der Waals surface area contributed by atoms with Gasteiger partial charge in [0.2, 0.25) is 0 Å². The molecule has 2 fully saturated rings. The first-order valence-corrected chi connectivity index (χ1v) is 10.5. The van der Waals surface area contributed by atoms with Crippen molar-refractivity contribution in [3.63, 3.8) is 0 Å². The third-order valence-electron chi connectivity index (χ3n) is 6.16. The zero-order valence-corrected chi connectivity index (χ0v) is 17.2. The first kappa shape index (κ1) is 19.5. The number of nitrogens with one attached hydrogen (secondary N) is 2. The Morgan fingerprint density at radius 3 is 2.00 bits per heavy atom. The highest BCUT2D eigenvalue weighted by Crippen LogP contribution is 2.34. The van der Waals surface area contributed by atoms with Crippen LogP contribution in [-0.4, -0.2) is 35.0 Å². The van der Waals surface area contributed by atoms with Crippen LogP contribution in [0.4, 0.5) is 10.5 Å². The topological polar surface area (TPSA) is 61.4 Å². The summed E-state index contributed by atoms with van der Waals surface area (Å²) in [6.45, 7) is 4.05. The van der Waals surface area contributed by atoms with Crippen LogP contribution in [0.15, 0.2) is 48.5 Å². The number of benzene rings is 2. The van der Waals surface area contributed by atoms with Crippen molar-refractivity contribution in [2.45, 2.75) is 64.1 Å². The molecule has 0 spiro atoms. The Labute approximate surface area is 172 Å². The van der Waals surface area contributed by atoms with Gasteiger partial charge in [-0.05, 0) is 70.2 Å². The Bertz CT molecular complexity index is 862. The minimum atomic E-state index is -0.0226. The molecule has 2 saturated heterocycles. The highest BCUT2D eigenvalue weighted by atomic mass is 16.2. The second-order valence-corrected chi connectivity index (χ2v) is 8.45. The monoisotopic (exact) mass is 391 g/mol. The summed E-state index contributed by atoms with van der Waals surface area (Å²) in [4.78, 5) is 27.6. The number of hydrogen-bond acceptors (Lipinski definition) is 2. The lowest BCUT2D eigenvalue weighted by molar-refractivity contribution is 0.0577. The Kier molecular flexibility index (Phi) is 5.56. The van der Waals surface area contributed by atoms with E-state index in [1.165, 1.54) is 5.56 Å². The van der Waals surface area contributed by atoms with Crippen LogP contribution in [0.5, 0.6) is 0 Å². The maximum absolute atomic E-state index is 13.0. The molecule has 2 aliphatic heterocycles. The molecule has 29 heavy (non-hydrogen) atoms. The van der Waals surface area contributed by atoms with Gasteiger partial charge in [-0.15, -0.1) is 0 Å². The van der Waals surface area contributed by atoms with Gasteiger partial charge in [-0.1, -0.05) is 35.4 Å². The third-order valence-corrected chi connectivity index (χ3v) is 6.16. The van der Waals surface area contributed by atoms with E-state index in [-0.39, 0.29) is 30.1 Å². The maximum Gasteiger partial charge on any atom is 0.322 e. The molecule has 0 unspecified atom stereocenters. The van der Waals surface area contributed by atoms with Crippen LogP contribution in [0.3, 0.4) is 0 Å². The number of carbonyl (C=O) groups excluding carboxylic acids is 2. The molecule has 0 radical (unpaired) electrons. The number of rotatable bonds is 3. The molecule has 0 saturated carbocycles. The molecule has 2 aliphatic rings. The van der Waals surface area contributed by atoms with Gasteiger partial charge in [0, 0.05) is 29.4 Å². The van der Waals surface area contributed by atoms with Gasteiger partial charge in [0.15, 0.2) is 0 Å². The SMILES string of the molecule is Cc1ccc(NC(=O)N2[C@H]3CCC[C@H]2CC(NC(=O)c2ccc(C)cc2)C3)cc1. The molecule has 5 heteroatoms. The molecule has 0 aliphatic carbocycles. The Balaban J connectivity index is 1.40. The molecule has 2 bridgehead atoms. The predicted octanol–water partition coefficient (Wildman–Crippen LogP) is 4.65. The summed E-state index contributed by atoms with van der Waals surface area (Å²) in [7, 11) is 0. The van der Waals surface area contributed by atoms with E-state index in [0.717, 1.165) is 43.4 Å². The fourth-order valence-corrected chi connectivity index (χ4v) is 4.63. The van der Waals surface area contributed by atoms with Crippen LogP contribution in [0.25, 0.3) is 0 Å². The molecular formula is C24H29N3O2. The number of anilines is 1. The highest BCUT2D eigenvalue weighted by Gasteiger charge is 2.41. The second-order valence-electron chi connectivity index (χ2n) is 8.45. The van der Waals surface area contributed by atoms with Crippen molar-refractivity contribution in [2.75, 3.05) is 5.32 Å². The molecule has 5 nitrogen and oxygen atoms in total. The molecule has 2 aromatic carbocycles. The van der Waals surface area contributed by atoms with E-state index in [4.69, 9.17) is 0 Å². The van der Waals surface area contributed by atoms with E-state index < -0.39 is 0 Å². The number of hydrogen-bond donors (Lipinski definition) is 2. The number of urea groups is 1. The summed E-state index contributed by atoms with van der Waals surface area (Å²) >= 11 is 0. The number of nitrogens with zero attached hydrogens (tertiary/aromatic N) is 1. The van der Waals surface area contributed by atoms with Crippen molar-refractivity contribution in [2.24, 2.45) is 0 Å². The summed E-state index contributed by atoms with van der Waals surface area (Å²) in [6, 6.07) is 16.0. The standard InChI is InChI=1S/C24H29N3O2/c1-16-6-10-18(11-7-16)23(28)25-20-14-21-4-3-5-22(15-20)27(21)24(29)26-19-12-8-17(2)9-13-19/h6-13,20-22H,3-5,14-15H2,1-2H3,(H,25,28)(H,26,29)/t21-,22-/m0/s1. The van der Waals surface area contributed by atoms with Crippen molar-refractivity contribution in [3.8, 4) is 0 Å². The van der Waals surface area contributed by atoms with Gasteiger partial charge in [-0.3, -0.25) is 4.79 Å². The quantitative estimate of drug-likeness (QED) is 0.800. The van der Waals surface area contributed by atoms with Crippen molar-refractivity contribution >= 4 is 17.6 Å². The van der Waals surface area contributed by atoms with Crippen molar-refractivity contribution in [1.29, 1.82) is 0 Å². The van der Waals surface area contributed by atoms with Crippen molar-refractivity contribution in [3.05, 3.63) is 65.2 Å². The van der Waals surface area contributed by atoms with Gasteiger partial charge in [0.25, 0.3) is 5.91 Å². The summed E-state index contributed by atoms with van der Waals surface area (Å²) in [5.74, 6) is -0.0226. The van der Waals surface area contributed by atoms with Crippen LogP contribution in [0.1, 0.15) is 53.6 Å². The molecule has 0 aromatic heterocycles. The van der Waals surface area contributed by atoms with E-state index in [1.807, 2.05) is 67.3 Å². The van der Waals surface area contributed by atoms with Gasteiger partial charge in [0.1, 0.15) is 0 Å². The predicted molar refractivity (Wildman–Crippen MR) is 115 cm³/mol. The zero-order valence-electron chi connectivity index (χ0n) is 17.2. The summed E-state index contributed by atoms with van der Waals surface area (Å²) < 4.78 is 0. The first-order valence-electron chi connectivity index (χ1n) is 10.5. The van der Waals surface area contributed by atoms with Crippen LogP contribution in [0.2, 0.25) is 0 Å². The van der Waals surface area contributed by atoms with Crippen molar-refractivity contribution < 1.29 is 9.59 Å². The third kappa shape index (κ3) is 4.44. The number of aryl methyl sites for hydroxylation is 2. The molecule has 3 amide bonds. The van der Waals surface area contributed by atoms with Gasteiger partial charge in [0.05, 0.1) is 0 Å². The average molecular weight is 392 g/mol. The molecule has 2 atom stereocenters. The fourth-order valence-electron chi connectivity index (χ4n) is 4.63. The first-order chi connectivity index (χ1) is 14.0. The second kappa shape index (κ2) is 8.27. The molecule has 2 aromatic rings. The maximum atomic E-state index is 13.0. The minimum absolute atomic E-state index is 0.0214. The number of piperidine rings is 2. The van der Waals surface area contributed by atoms with Crippen molar-refractivity contribution in [1.82, 2.24) is 10.2 Å². The Hall–Kier alpha value is -2.82. The number of carbonyl (C=O) groups is 2. The van der Waals surface area contributed by atoms with Gasteiger partial charge in [-0.25, -0.2) is 4.79 Å². The van der Waals surface area contributed by atoms with E-state index >= 15 is 0 Å². The lowest BCUT2D eigenvalue weighted by Gasteiger charge is -2.48. The Morgan fingerprint density at radius 1 is 0.862 bits per heavy atom. The zero-order chi connectivity index (χ0) is 20.4. The fraction of sp³-hybridized carbons (Fsp3) is 0.417. The highest BCUT2D eigenvalue weighted by molar-refractivity contribution is 5.94. The average Bonchev–Trinajstić information content (AvgIpc) is 2.69. The van der Waals surface area contributed by atoms with Gasteiger partial charge >= 0.3 is 6.03 Å². The molecule has 2 N–H and O–H groups in total. The Morgan fingerprint density at radius 2 is 1.41 bits per heavy atom. The smallest absolute Gasteiger partial charge is 0.322 e. The van der Waals surface area contributed by atoms with E-state index in [0.29, 0.717) is 5.56 Å². The van der Waals surface area contributed by atoms with Crippen LogP contribution in [-0.2, 0) is 0 Å². The number of amides is 3. The minimum Gasteiger partial charge on any atom is -0.349 e. The van der Waals surface area contributed by atoms with E-state index in [2.05, 4.69) is 10.6 Å². The molecule has 2 heterocycles. The lowest BCUT2D eigenvalue weighted by Crippen LogP contribution is -2.59. The van der Waals surface area contributed by atoms with Gasteiger partial charge < -0.3 is 15.5 Å². The summed E-state index contributed by atoms with van der Waals surface area (Å²) in [5.41, 5.74) is 3.84. The van der Waals surface area contributed by atoms with Crippen LogP contribution in [0, 0.1) is 13.8 Å².